The smallest absolute Gasteiger partial charge is 0.264 e. The summed E-state index contributed by atoms with van der Waals surface area (Å²) in [7, 11) is -1.12. The van der Waals surface area contributed by atoms with Crippen LogP contribution in [0, 0.1) is 0 Å². The molecule has 0 spiro atoms. The average Bonchev–Trinajstić information content (AvgIpc) is 2.93. The topological polar surface area (TPSA) is 105 Å². The number of nitrogens with zero attached hydrogens (tertiary/aromatic N) is 2. The summed E-state index contributed by atoms with van der Waals surface area (Å²) in [6.07, 6.45) is 0. The van der Waals surface area contributed by atoms with Crippen LogP contribution in [0.2, 0.25) is 0 Å². The second-order valence-electron chi connectivity index (χ2n) is 10.3. The highest BCUT2D eigenvalue weighted by atomic mass is 32.2. The Bertz CT molecular complexity index is 1400. The number of carbonyl (C=O) groups is 2. The molecule has 0 aliphatic heterocycles. The molecule has 0 aromatic heterocycles. The van der Waals surface area contributed by atoms with Gasteiger partial charge in [-0.05, 0) is 81.8 Å². The number of hydrogen-bond donors (Lipinski definition) is 1. The Morgan fingerprint density at radius 3 is 2.08 bits per heavy atom. The van der Waals surface area contributed by atoms with E-state index in [4.69, 9.17) is 9.47 Å². The number of nitrogens with one attached hydrogen (secondary N) is 1. The molecule has 2 amide bonds. The fourth-order valence-electron chi connectivity index (χ4n) is 4.02. The second-order valence-corrected chi connectivity index (χ2v) is 12.2. The lowest BCUT2D eigenvalue weighted by Crippen LogP contribution is -2.54. The first-order valence-electron chi connectivity index (χ1n) is 12.8. The molecule has 3 aromatic carbocycles. The zero-order chi connectivity index (χ0) is 29.5. The summed E-state index contributed by atoms with van der Waals surface area (Å²) in [5, 5.41) is 2.91. The molecule has 40 heavy (non-hydrogen) atoms. The Morgan fingerprint density at radius 1 is 0.875 bits per heavy atom. The van der Waals surface area contributed by atoms with E-state index in [1.54, 1.807) is 74.7 Å². The van der Waals surface area contributed by atoms with Gasteiger partial charge in [-0.15, -0.1) is 0 Å². The van der Waals surface area contributed by atoms with Gasteiger partial charge in [0.05, 0.1) is 24.8 Å². The maximum absolute atomic E-state index is 14.0. The van der Waals surface area contributed by atoms with Crippen LogP contribution in [0.4, 0.5) is 5.69 Å². The summed E-state index contributed by atoms with van der Waals surface area (Å²) in [5.74, 6) is 0.211. The van der Waals surface area contributed by atoms with Crippen molar-refractivity contribution in [1.82, 2.24) is 10.2 Å². The Hall–Kier alpha value is -4.05. The average molecular weight is 568 g/mol. The van der Waals surface area contributed by atoms with Gasteiger partial charge in [0.25, 0.3) is 10.0 Å². The predicted octanol–water partition coefficient (Wildman–Crippen LogP) is 4.23. The molecule has 0 fully saturated rings. The van der Waals surface area contributed by atoms with Crippen LogP contribution in [-0.2, 0) is 26.2 Å². The third-order valence-corrected chi connectivity index (χ3v) is 7.91. The summed E-state index contributed by atoms with van der Waals surface area (Å²) in [6.45, 7) is 6.73. The summed E-state index contributed by atoms with van der Waals surface area (Å²) in [4.78, 5) is 28.5. The van der Waals surface area contributed by atoms with Crippen LogP contribution < -0.4 is 19.1 Å². The van der Waals surface area contributed by atoms with Crippen LogP contribution in [0.25, 0.3) is 0 Å². The van der Waals surface area contributed by atoms with E-state index < -0.39 is 34.1 Å². The molecule has 214 valence electrons. The molecule has 0 aliphatic carbocycles. The SMILES string of the molecule is COc1ccc(S(=O)(=O)N(CC(=O)N(Cc2cccc(OC)c2)C(C)C(=O)NC(C)(C)C)c2ccccc2)cc1. The number of para-hydroxylation sites is 1. The molecule has 10 heteroatoms. The van der Waals surface area contributed by atoms with Crippen molar-refractivity contribution in [2.24, 2.45) is 0 Å². The van der Waals surface area contributed by atoms with Crippen LogP contribution in [0.15, 0.2) is 83.8 Å². The summed E-state index contributed by atoms with van der Waals surface area (Å²) in [6, 6.07) is 20.6. The molecular weight excluding hydrogens is 530 g/mol. The van der Waals surface area contributed by atoms with Gasteiger partial charge >= 0.3 is 0 Å². The molecule has 0 radical (unpaired) electrons. The van der Waals surface area contributed by atoms with E-state index in [1.165, 1.54) is 24.1 Å². The highest BCUT2D eigenvalue weighted by molar-refractivity contribution is 7.92. The number of amides is 2. The van der Waals surface area contributed by atoms with E-state index in [0.29, 0.717) is 17.2 Å². The first-order chi connectivity index (χ1) is 18.9. The minimum Gasteiger partial charge on any atom is -0.497 e. The largest absolute Gasteiger partial charge is 0.497 e. The van der Waals surface area contributed by atoms with Crippen molar-refractivity contribution >= 4 is 27.5 Å². The van der Waals surface area contributed by atoms with Crippen LogP contribution in [0.3, 0.4) is 0 Å². The standard InChI is InChI=1S/C30H37N3O6S/c1-22(29(35)31-30(2,3)4)32(20-23-11-10-14-26(19-23)39-6)28(34)21-33(24-12-8-7-9-13-24)40(36,37)27-17-15-25(38-5)16-18-27/h7-19,22H,20-21H2,1-6H3,(H,31,35). The minimum absolute atomic E-state index is 0.00261. The Morgan fingerprint density at radius 2 is 1.50 bits per heavy atom. The van der Waals surface area contributed by atoms with Crippen LogP contribution in [-0.4, -0.2) is 57.5 Å². The molecule has 0 heterocycles. The fraction of sp³-hybridized carbons (Fsp3) is 0.333. The molecule has 3 aromatic rings. The lowest BCUT2D eigenvalue weighted by Gasteiger charge is -2.33. The van der Waals surface area contributed by atoms with E-state index in [-0.39, 0.29) is 17.3 Å². The van der Waals surface area contributed by atoms with Gasteiger partial charge in [0.15, 0.2) is 0 Å². The van der Waals surface area contributed by atoms with Crippen molar-refractivity contribution in [2.45, 2.75) is 50.7 Å². The zero-order valence-corrected chi connectivity index (χ0v) is 24.6. The van der Waals surface area contributed by atoms with Gasteiger partial charge in [0.1, 0.15) is 24.1 Å². The van der Waals surface area contributed by atoms with Crippen LogP contribution in [0.1, 0.15) is 33.3 Å². The van der Waals surface area contributed by atoms with Crippen LogP contribution in [0.5, 0.6) is 11.5 Å². The number of anilines is 1. The number of hydrogen-bond acceptors (Lipinski definition) is 6. The van der Waals surface area contributed by atoms with Gasteiger partial charge < -0.3 is 19.7 Å². The molecule has 0 bridgehead atoms. The maximum Gasteiger partial charge on any atom is 0.264 e. The molecule has 3 rings (SSSR count). The molecule has 9 nitrogen and oxygen atoms in total. The summed E-state index contributed by atoms with van der Waals surface area (Å²) in [5.41, 5.74) is 0.524. The van der Waals surface area contributed by atoms with E-state index in [1.807, 2.05) is 26.8 Å². The minimum atomic E-state index is -4.16. The number of methoxy groups -OCH3 is 2. The number of rotatable bonds is 11. The van der Waals surface area contributed by atoms with Gasteiger partial charge in [-0.2, -0.15) is 0 Å². The van der Waals surface area contributed by atoms with Gasteiger partial charge in [-0.3, -0.25) is 13.9 Å². The van der Waals surface area contributed by atoms with Crippen molar-refractivity contribution in [1.29, 1.82) is 0 Å². The molecule has 0 saturated heterocycles. The highest BCUT2D eigenvalue weighted by Crippen LogP contribution is 2.26. The summed E-state index contributed by atoms with van der Waals surface area (Å²) >= 11 is 0. The Kier molecular flexibility index (Phi) is 9.81. The third-order valence-electron chi connectivity index (χ3n) is 6.12. The van der Waals surface area contributed by atoms with E-state index >= 15 is 0 Å². The van der Waals surface area contributed by atoms with Crippen molar-refractivity contribution < 1.29 is 27.5 Å². The first-order valence-corrected chi connectivity index (χ1v) is 14.3. The van der Waals surface area contributed by atoms with E-state index in [2.05, 4.69) is 5.32 Å². The number of ether oxygens (including phenoxy) is 2. The van der Waals surface area contributed by atoms with Gasteiger partial charge in [-0.25, -0.2) is 8.42 Å². The molecule has 1 atom stereocenters. The van der Waals surface area contributed by atoms with Crippen molar-refractivity contribution in [3.8, 4) is 11.5 Å². The second kappa shape index (κ2) is 12.9. The number of sulfonamides is 1. The van der Waals surface area contributed by atoms with Crippen molar-refractivity contribution in [3.05, 3.63) is 84.4 Å². The van der Waals surface area contributed by atoms with Gasteiger partial charge in [0.2, 0.25) is 11.8 Å². The lowest BCUT2D eigenvalue weighted by atomic mass is 10.1. The first kappa shape index (κ1) is 30.5. The van der Waals surface area contributed by atoms with Crippen LogP contribution >= 0.6 is 0 Å². The van der Waals surface area contributed by atoms with Crippen molar-refractivity contribution in [2.75, 3.05) is 25.1 Å². The molecular formula is C30H37N3O6S. The lowest BCUT2D eigenvalue weighted by molar-refractivity contribution is -0.140. The number of carbonyl (C=O) groups excluding carboxylic acids is 2. The summed E-state index contributed by atoms with van der Waals surface area (Å²) < 4.78 is 39.2. The quantitative estimate of drug-likeness (QED) is 0.372. The fourth-order valence-corrected chi connectivity index (χ4v) is 5.44. The van der Waals surface area contributed by atoms with Gasteiger partial charge in [-0.1, -0.05) is 30.3 Å². The normalized spacial score (nSPS) is 12.2. The molecule has 1 unspecified atom stereocenters. The highest BCUT2D eigenvalue weighted by Gasteiger charge is 2.33. The zero-order valence-electron chi connectivity index (χ0n) is 23.7. The third kappa shape index (κ3) is 7.75. The maximum atomic E-state index is 14.0. The predicted molar refractivity (Wildman–Crippen MR) is 155 cm³/mol. The van der Waals surface area contributed by atoms with E-state index in [9.17, 15) is 18.0 Å². The Balaban J connectivity index is 2.02. The monoisotopic (exact) mass is 567 g/mol. The van der Waals surface area contributed by atoms with E-state index in [0.717, 1.165) is 9.87 Å². The van der Waals surface area contributed by atoms with Gasteiger partial charge in [0, 0.05) is 12.1 Å². The Labute approximate surface area is 236 Å². The molecule has 0 aliphatic rings. The number of benzene rings is 3. The molecule has 0 saturated carbocycles. The molecule has 1 N–H and O–H groups in total. The van der Waals surface area contributed by atoms with Crippen molar-refractivity contribution in [3.63, 3.8) is 0 Å².